The number of nitrogens with one attached hydrogen (secondary N) is 1. The van der Waals surface area contributed by atoms with Crippen LogP contribution >= 0.6 is 0 Å². The first-order valence-electron chi connectivity index (χ1n) is 6.33. The quantitative estimate of drug-likeness (QED) is 0.752. The minimum atomic E-state index is 0.0651. The van der Waals surface area contributed by atoms with Gasteiger partial charge < -0.3 is 11.1 Å². The molecule has 1 amide bonds. The summed E-state index contributed by atoms with van der Waals surface area (Å²) in [7, 11) is 0. The summed E-state index contributed by atoms with van der Waals surface area (Å²) in [6, 6.07) is 0.0651. The third-order valence-electron chi connectivity index (χ3n) is 3.16. The predicted octanol–water partition coefficient (Wildman–Crippen LogP) is 1.91. The third kappa shape index (κ3) is 4.97. The maximum Gasteiger partial charge on any atom is 0.223 e. The van der Waals surface area contributed by atoms with Crippen molar-refractivity contribution < 1.29 is 4.79 Å². The molecule has 3 heteroatoms. The van der Waals surface area contributed by atoms with Crippen LogP contribution in [0.15, 0.2) is 0 Å². The summed E-state index contributed by atoms with van der Waals surface area (Å²) in [6.45, 7) is 9.12. The van der Waals surface area contributed by atoms with E-state index < -0.39 is 0 Å². The van der Waals surface area contributed by atoms with Crippen molar-refractivity contribution in [1.29, 1.82) is 0 Å². The first kappa shape index (κ1) is 13.5. The molecule has 2 unspecified atom stereocenters. The highest BCUT2D eigenvalue weighted by molar-refractivity contribution is 5.78. The molecule has 0 aromatic heterocycles. The highest BCUT2D eigenvalue weighted by Gasteiger charge is 2.32. The van der Waals surface area contributed by atoms with Gasteiger partial charge in [-0.1, -0.05) is 27.7 Å². The van der Waals surface area contributed by atoms with Gasteiger partial charge in [0.2, 0.25) is 5.91 Å². The molecular weight excluding hydrogens is 200 g/mol. The van der Waals surface area contributed by atoms with Gasteiger partial charge in [-0.2, -0.15) is 0 Å². The van der Waals surface area contributed by atoms with Crippen molar-refractivity contribution in [3.63, 3.8) is 0 Å². The molecule has 94 valence electrons. The summed E-state index contributed by atoms with van der Waals surface area (Å²) >= 11 is 0. The van der Waals surface area contributed by atoms with E-state index in [9.17, 15) is 4.79 Å². The predicted molar refractivity (Wildman–Crippen MR) is 66.9 cm³/mol. The maximum atomic E-state index is 11.7. The number of carbonyl (C=O) groups excluding carboxylic acids is 1. The van der Waals surface area contributed by atoms with Gasteiger partial charge in [0.05, 0.1) is 0 Å². The maximum absolute atomic E-state index is 11.7. The van der Waals surface area contributed by atoms with Crippen LogP contribution in [0.5, 0.6) is 0 Å². The van der Waals surface area contributed by atoms with Gasteiger partial charge >= 0.3 is 0 Å². The molecule has 2 atom stereocenters. The number of rotatable bonds is 5. The van der Waals surface area contributed by atoms with Crippen molar-refractivity contribution in [1.82, 2.24) is 5.32 Å². The van der Waals surface area contributed by atoms with E-state index in [-0.39, 0.29) is 23.3 Å². The normalized spacial score (nSPS) is 20.3. The van der Waals surface area contributed by atoms with Crippen molar-refractivity contribution in [3.8, 4) is 0 Å². The standard InChI is InChI=1S/C13H26N2O/c1-9(10-5-6-10)12(16)15-8-11(14)7-13(2,3)4/h9-11H,5-8,14H2,1-4H3,(H,15,16). The Kier molecular flexibility index (Phi) is 4.36. The minimum Gasteiger partial charge on any atom is -0.354 e. The Morgan fingerprint density at radius 3 is 2.44 bits per heavy atom. The lowest BCUT2D eigenvalue weighted by atomic mass is 9.88. The molecule has 0 saturated heterocycles. The molecule has 0 heterocycles. The fourth-order valence-corrected chi connectivity index (χ4v) is 2.06. The van der Waals surface area contributed by atoms with Crippen molar-refractivity contribution in [2.75, 3.05) is 6.54 Å². The van der Waals surface area contributed by atoms with Crippen molar-refractivity contribution in [2.24, 2.45) is 23.0 Å². The largest absolute Gasteiger partial charge is 0.354 e. The summed E-state index contributed by atoms with van der Waals surface area (Å²) in [5, 5.41) is 2.96. The molecule has 16 heavy (non-hydrogen) atoms. The average molecular weight is 226 g/mol. The average Bonchev–Trinajstić information content (AvgIpc) is 2.93. The van der Waals surface area contributed by atoms with E-state index in [2.05, 4.69) is 26.1 Å². The molecule has 0 spiro atoms. The lowest BCUT2D eigenvalue weighted by Gasteiger charge is -2.23. The van der Waals surface area contributed by atoms with Gasteiger partial charge in [-0.05, 0) is 30.6 Å². The number of carbonyl (C=O) groups is 1. The molecule has 1 rings (SSSR count). The van der Waals surface area contributed by atoms with Crippen molar-refractivity contribution in [2.45, 2.75) is 53.0 Å². The van der Waals surface area contributed by atoms with Crippen molar-refractivity contribution in [3.05, 3.63) is 0 Å². The third-order valence-corrected chi connectivity index (χ3v) is 3.16. The van der Waals surface area contributed by atoms with E-state index in [0.29, 0.717) is 12.5 Å². The molecule has 0 aliphatic heterocycles. The second-order valence-electron chi connectivity index (χ2n) is 6.40. The highest BCUT2D eigenvalue weighted by Crippen LogP contribution is 2.36. The Bertz CT molecular complexity index is 241. The van der Waals surface area contributed by atoms with Gasteiger partial charge in [-0.3, -0.25) is 4.79 Å². The van der Waals surface area contributed by atoms with Crippen LogP contribution in [0.4, 0.5) is 0 Å². The lowest BCUT2D eigenvalue weighted by molar-refractivity contribution is -0.125. The Morgan fingerprint density at radius 2 is 2.00 bits per heavy atom. The molecule has 0 radical (unpaired) electrons. The summed E-state index contributed by atoms with van der Waals surface area (Å²) in [5.74, 6) is 0.965. The van der Waals surface area contributed by atoms with Crippen LogP contribution in [-0.4, -0.2) is 18.5 Å². The van der Waals surface area contributed by atoms with Crippen LogP contribution in [-0.2, 0) is 4.79 Å². The zero-order valence-electron chi connectivity index (χ0n) is 11.0. The van der Waals surface area contributed by atoms with Gasteiger partial charge in [0, 0.05) is 18.5 Å². The second-order valence-corrected chi connectivity index (χ2v) is 6.40. The van der Waals surface area contributed by atoms with Crippen molar-refractivity contribution >= 4 is 5.91 Å². The lowest BCUT2D eigenvalue weighted by Crippen LogP contribution is -2.41. The van der Waals surface area contributed by atoms with E-state index in [0.717, 1.165) is 6.42 Å². The van der Waals surface area contributed by atoms with E-state index in [1.807, 2.05) is 6.92 Å². The van der Waals surface area contributed by atoms with Gasteiger partial charge in [-0.15, -0.1) is 0 Å². The Morgan fingerprint density at radius 1 is 1.44 bits per heavy atom. The zero-order chi connectivity index (χ0) is 12.3. The second kappa shape index (κ2) is 5.17. The molecule has 0 bridgehead atoms. The topological polar surface area (TPSA) is 55.1 Å². The first-order chi connectivity index (χ1) is 7.29. The molecule has 3 N–H and O–H groups in total. The number of hydrogen-bond acceptors (Lipinski definition) is 2. The van der Waals surface area contributed by atoms with Gasteiger partial charge in [0.1, 0.15) is 0 Å². The SMILES string of the molecule is CC(C(=O)NCC(N)CC(C)(C)C)C1CC1. The molecule has 1 saturated carbocycles. The molecule has 1 aliphatic rings. The minimum absolute atomic E-state index is 0.0651. The molecule has 1 fully saturated rings. The summed E-state index contributed by atoms with van der Waals surface area (Å²) < 4.78 is 0. The van der Waals surface area contributed by atoms with Gasteiger partial charge in [-0.25, -0.2) is 0 Å². The highest BCUT2D eigenvalue weighted by atomic mass is 16.1. The Hall–Kier alpha value is -0.570. The fourth-order valence-electron chi connectivity index (χ4n) is 2.06. The van der Waals surface area contributed by atoms with E-state index >= 15 is 0 Å². The smallest absolute Gasteiger partial charge is 0.223 e. The Labute approximate surface area is 99.2 Å². The summed E-state index contributed by atoms with van der Waals surface area (Å²) in [4.78, 5) is 11.7. The molecule has 0 aromatic carbocycles. The molecule has 3 nitrogen and oxygen atoms in total. The van der Waals surface area contributed by atoms with Crippen LogP contribution in [0, 0.1) is 17.3 Å². The summed E-state index contributed by atoms with van der Waals surface area (Å²) in [6.07, 6.45) is 3.36. The number of hydrogen-bond donors (Lipinski definition) is 2. The van der Waals surface area contributed by atoms with Gasteiger partial charge in [0.15, 0.2) is 0 Å². The fraction of sp³-hybridized carbons (Fsp3) is 0.923. The van der Waals surface area contributed by atoms with E-state index in [1.165, 1.54) is 12.8 Å². The van der Waals surface area contributed by atoms with Crippen LogP contribution < -0.4 is 11.1 Å². The van der Waals surface area contributed by atoms with Crippen LogP contribution in [0.1, 0.15) is 47.0 Å². The molecular formula is C13H26N2O. The molecule has 0 aromatic rings. The zero-order valence-corrected chi connectivity index (χ0v) is 11.0. The summed E-state index contributed by atoms with van der Waals surface area (Å²) in [5.41, 5.74) is 6.21. The molecule has 1 aliphatic carbocycles. The van der Waals surface area contributed by atoms with E-state index in [4.69, 9.17) is 5.73 Å². The van der Waals surface area contributed by atoms with Crippen LogP contribution in [0.3, 0.4) is 0 Å². The first-order valence-corrected chi connectivity index (χ1v) is 6.33. The van der Waals surface area contributed by atoms with Gasteiger partial charge in [0.25, 0.3) is 0 Å². The van der Waals surface area contributed by atoms with E-state index in [1.54, 1.807) is 0 Å². The number of nitrogens with two attached hydrogens (primary N) is 1. The Balaban J connectivity index is 2.20. The monoisotopic (exact) mass is 226 g/mol. The number of amides is 1. The van der Waals surface area contributed by atoms with Crippen LogP contribution in [0.25, 0.3) is 0 Å². The van der Waals surface area contributed by atoms with Crippen LogP contribution in [0.2, 0.25) is 0 Å².